The quantitative estimate of drug-likeness (QED) is 0.770. The molecule has 0 radical (unpaired) electrons. The van der Waals surface area contributed by atoms with Crippen LogP contribution in [0.2, 0.25) is 0 Å². The number of nitrogens with zero attached hydrogens (tertiary/aromatic N) is 1. The van der Waals surface area contributed by atoms with Crippen molar-refractivity contribution in [3.63, 3.8) is 0 Å². The highest BCUT2D eigenvalue weighted by atomic mass is 79.9. The van der Waals surface area contributed by atoms with Crippen LogP contribution in [-0.2, 0) is 0 Å². The maximum atomic E-state index is 10.4. The van der Waals surface area contributed by atoms with Gasteiger partial charge in [-0.25, -0.2) is 0 Å². The zero-order valence-electron chi connectivity index (χ0n) is 5.17. The fraction of sp³-hybridized carbons (Fsp3) is 0. The van der Waals surface area contributed by atoms with E-state index in [9.17, 15) is 9.90 Å². The van der Waals surface area contributed by atoms with Gasteiger partial charge in [-0.1, -0.05) is 0 Å². The van der Waals surface area contributed by atoms with E-state index in [0.717, 1.165) is 0 Å². The first-order valence-electron chi connectivity index (χ1n) is 2.63. The molecule has 0 aromatic carbocycles. The Balaban J connectivity index is 3.32. The van der Waals surface area contributed by atoms with E-state index in [0.29, 0.717) is 8.95 Å². The number of rotatable bonds is 1. The Hall–Kier alpha value is -0.420. The molecule has 0 aliphatic carbocycles. The van der Waals surface area contributed by atoms with Crippen LogP contribution in [0.15, 0.2) is 21.3 Å². The third kappa shape index (κ3) is 1.78. The summed E-state index contributed by atoms with van der Waals surface area (Å²) < 4.78 is 0.818. The minimum Gasteiger partial charge on any atom is -0.545 e. The van der Waals surface area contributed by atoms with Crippen LogP contribution < -0.4 is 5.11 Å². The van der Waals surface area contributed by atoms with Gasteiger partial charge in [0.25, 0.3) is 0 Å². The lowest BCUT2D eigenvalue weighted by Gasteiger charge is -2.05. The molecule has 1 aromatic rings. The molecule has 0 aliphatic rings. The van der Waals surface area contributed by atoms with Gasteiger partial charge >= 0.3 is 0 Å². The Morgan fingerprint density at radius 3 is 2.09 bits per heavy atom. The van der Waals surface area contributed by atoms with E-state index >= 15 is 0 Å². The van der Waals surface area contributed by atoms with Crippen LogP contribution in [0.3, 0.4) is 0 Å². The minimum absolute atomic E-state index is 0.0833. The van der Waals surface area contributed by atoms with Crippen molar-refractivity contribution < 1.29 is 9.90 Å². The number of aromatic carboxylic acids is 1. The fourth-order valence-electron chi connectivity index (χ4n) is 0.606. The molecule has 0 fully saturated rings. The molecule has 0 atom stereocenters. The SMILES string of the molecule is O=C([O-])c1c(Br)cncc1Br. The molecule has 58 valence electrons. The van der Waals surface area contributed by atoms with E-state index in [-0.39, 0.29) is 5.56 Å². The average molecular weight is 280 g/mol. The number of pyridine rings is 1. The predicted molar refractivity (Wildman–Crippen MR) is 44.0 cm³/mol. The van der Waals surface area contributed by atoms with E-state index in [2.05, 4.69) is 36.8 Å². The summed E-state index contributed by atoms with van der Waals surface area (Å²) in [4.78, 5) is 14.2. The molecule has 0 unspecified atom stereocenters. The van der Waals surface area contributed by atoms with Gasteiger partial charge in [0.1, 0.15) is 0 Å². The number of halogens is 2. The molecule has 0 N–H and O–H groups in total. The topological polar surface area (TPSA) is 53.0 Å². The van der Waals surface area contributed by atoms with E-state index in [4.69, 9.17) is 0 Å². The highest BCUT2D eigenvalue weighted by molar-refractivity contribution is 9.11. The number of hydrogen-bond donors (Lipinski definition) is 0. The van der Waals surface area contributed by atoms with Gasteiger partial charge in [0.2, 0.25) is 0 Å². The van der Waals surface area contributed by atoms with Crippen LogP contribution >= 0.6 is 31.9 Å². The van der Waals surface area contributed by atoms with E-state index in [1.165, 1.54) is 12.4 Å². The second kappa shape index (κ2) is 3.32. The number of carbonyl (C=O) groups excluding carboxylic acids is 1. The molecule has 0 saturated heterocycles. The molecule has 3 nitrogen and oxygen atoms in total. The first-order valence-corrected chi connectivity index (χ1v) is 4.22. The van der Waals surface area contributed by atoms with Gasteiger partial charge in [-0.15, -0.1) is 0 Å². The Kier molecular flexibility index (Phi) is 2.62. The van der Waals surface area contributed by atoms with Crippen molar-refractivity contribution in [3.8, 4) is 0 Å². The summed E-state index contributed by atoms with van der Waals surface area (Å²) >= 11 is 6.07. The molecule has 11 heavy (non-hydrogen) atoms. The minimum atomic E-state index is -1.23. The van der Waals surface area contributed by atoms with Crippen molar-refractivity contribution in [2.24, 2.45) is 0 Å². The number of carbonyl (C=O) groups is 1. The molecule has 0 aliphatic heterocycles. The van der Waals surface area contributed by atoms with Crippen LogP contribution in [0.4, 0.5) is 0 Å². The fourth-order valence-corrected chi connectivity index (χ4v) is 1.86. The standard InChI is InChI=1S/C6H3Br2NO2/c7-3-1-9-2-4(8)5(3)6(10)11/h1-2H,(H,10,11)/p-1. The van der Waals surface area contributed by atoms with Crippen molar-refractivity contribution >= 4 is 37.8 Å². The van der Waals surface area contributed by atoms with E-state index in [1.54, 1.807) is 0 Å². The molecule has 0 bridgehead atoms. The lowest BCUT2D eigenvalue weighted by Crippen LogP contribution is -2.23. The normalized spacial score (nSPS) is 9.64. The Labute approximate surface area is 79.7 Å². The number of aromatic nitrogens is 1. The Bertz CT molecular complexity index is 280. The third-order valence-electron chi connectivity index (χ3n) is 1.06. The second-order valence-electron chi connectivity index (χ2n) is 1.77. The van der Waals surface area contributed by atoms with E-state index < -0.39 is 5.97 Å². The molecule has 1 aromatic heterocycles. The van der Waals surface area contributed by atoms with Crippen LogP contribution in [0.5, 0.6) is 0 Å². The summed E-state index contributed by atoms with van der Waals surface area (Å²) in [6, 6.07) is 0. The van der Waals surface area contributed by atoms with Crippen molar-refractivity contribution in [2.75, 3.05) is 0 Å². The van der Waals surface area contributed by atoms with Crippen LogP contribution in [0.1, 0.15) is 10.4 Å². The van der Waals surface area contributed by atoms with Gasteiger partial charge in [0.15, 0.2) is 0 Å². The van der Waals surface area contributed by atoms with Gasteiger partial charge in [-0.3, -0.25) is 4.98 Å². The maximum absolute atomic E-state index is 10.4. The molecule has 5 heteroatoms. The summed E-state index contributed by atoms with van der Waals surface area (Å²) in [6.07, 6.45) is 2.80. The Morgan fingerprint density at radius 1 is 1.36 bits per heavy atom. The third-order valence-corrected chi connectivity index (χ3v) is 2.26. The molecule has 0 spiro atoms. The molecule has 0 saturated carbocycles. The van der Waals surface area contributed by atoms with Crippen molar-refractivity contribution in [3.05, 3.63) is 26.9 Å². The highest BCUT2D eigenvalue weighted by Crippen LogP contribution is 2.22. The van der Waals surface area contributed by atoms with Gasteiger partial charge in [-0.05, 0) is 31.9 Å². The van der Waals surface area contributed by atoms with E-state index in [1.807, 2.05) is 0 Å². The number of carboxylic acids is 1. The second-order valence-corrected chi connectivity index (χ2v) is 3.47. The van der Waals surface area contributed by atoms with Crippen molar-refractivity contribution in [1.82, 2.24) is 4.98 Å². The number of hydrogen-bond acceptors (Lipinski definition) is 3. The van der Waals surface area contributed by atoms with Crippen molar-refractivity contribution in [2.45, 2.75) is 0 Å². The molecular weight excluding hydrogens is 278 g/mol. The lowest BCUT2D eigenvalue weighted by molar-refractivity contribution is -0.255. The van der Waals surface area contributed by atoms with Gasteiger partial charge < -0.3 is 9.90 Å². The smallest absolute Gasteiger partial charge is 0.0739 e. The van der Waals surface area contributed by atoms with Gasteiger partial charge in [-0.2, -0.15) is 0 Å². The zero-order valence-corrected chi connectivity index (χ0v) is 8.35. The van der Waals surface area contributed by atoms with Crippen molar-refractivity contribution in [1.29, 1.82) is 0 Å². The summed E-state index contributed by atoms with van der Waals surface area (Å²) in [5, 5.41) is 10.4. The van der Waals surface area contributed by atoms with Gasteiger partial charge in [0.05, 0.1) is 5.97 Å². The van der Waals surface area contributed by atoms with Gasteiger partial charge in [0, 0.05) is 26.9 Å². The largest absolute Gasteiger partial charge is 0.545 e. The molecular formula is C6H2Br2NO2-. The molecule has 1 rings (SSSR count). The van der Waals surface area contributed by atoms with Crippen LogP contribution in [0.25, 0.3) is 0 Å². The average Bonchev–Trinajstić information content (AvgIpc) is 1.85. The summed E-state index contributed by atoms with van der Waals surface area (Å²) in [6.45, 7) is 0. The first kappa shape index (κ1) is 8.67. The zero-order chi connectivity index (χ0) is 8.43. The molecule has 0 amide bonds. The summed E-state index contributed by atoms with van der Waals surface area (Å²) in [7, 11) is 0. The highest BCUT2D eigenvalue weighted by Gasteiger charge is 2.04. The summed E-state index contributed by atoms with van der Waals surface area (Å²) in [5.41, 5.74) is 0.0833. The molecule has 1 heterocycles. The summed E-state index contributed by atoms with van der Waals surface area (Å²) in [5.74, 6) is -1.23. The predicted octanol–water partition coefficient (Wildman–Crippen LogP) is 0.970. The monoisotopic (exact) mass is 278 g/mol. The van der Waals surface area contributed by atoms with Crippen LogP contribution in [-0.4, -0.2) is 11.0 Å². The Morgan fingerprint density at radius 2 is 1.82 bits per heavy atom. The van der Waals surface area contributed by atoms with Crippen LogP contribution in [0, 0.1) is 0 Å². The number of carboxylic acid groups (broad SMARTS) is 1. The maximum Gasteiger partial charge on any atom is 0.0739 e. The first-order chi connectivity index (χ1) is 5.13. The lowest BCUT2D eigenvalue weighted by atomic mass is 10.3.